The van der Waals surface area contributed by atoms with E-state index in [0.29, 0.717) is 15.6 Å². The van der Waals surface area contributed by atoms with Crippen LogP contribution in [-0.2, 0) is 32.6 Å². The van der Waals surface area contributed by atoms with Crippen molar-refractivity contribution >= 4 is 50.9 Å². The fourth-order valence-corrected chi connectivity index (χ4v) is 7.44. The molecular weight excluding hydrogens is 597 g/mol. The summed E-state index contributed by atoms with van der Waals surface area (Å²) in [6.45, 7) is -0.318. The van der Waals surface area contributed by atoms with Crippen molar-refractivity contribution in [1.29, 1.82) is 0 Å². The zero-order chi connectivity index (χ0) is 29.9. The number of carbonyl (C=O) groups excluding carboxylic acids is 3. The van der Waals surface area contributed by atoms with Crippen molar-refractivity contribution in [1.82, 2.24) is 14.5 Å². The van der Waals surface area contributed by atoms with Gasteiger partial charge in [-0.25, -0.2) is 12.7 Å². The van der Waals surface area contributed by atoms with E-state index in [2.05, 4.69) is 5.32 Å². The van der Waals surface area contributed by atoms with Crippen molar-refractivity contribution in [2.75, 3.05) is 6.54 Å². The molecule has 220 valence electrons. The lowest BCUT2D eigenvalue weighted by Gasteiger charge is -2.33. The molecule has 3 amide bonds. The van der Waals surface area contributed by atoms with Crippen molar-refractivity contribution < 1.29 is 22.8 Å². The molecule has 8 nitrogen and oxygen atoms in total. The first kappa shape index (κ1) is 30.1. The molecule has 11 heteroatoms. The second-order valence-corrected chi connectivity index (χ2v) is 13.2. The van der Waals surface area contributed by atoms with Crippen LogP contribution in [0, 0.1) is 0 Å². The Hall–Kier alpha value is -3.40. The minimum Gasteiger partial charge on any atom is -0.352 e. The topological polar surface area (TPSA) is 104 Å². The number of fused-ring (bicyclic) bond motifs is 1. The van der Waals surface area contributed by atoms with Crippen LogP contribution in [0.25, 0.3) is 0 Å². The van der Waals surface area contributed by atoms with Crippen molar-refractivity contribution in [3.63, 3.8) is 0 Å². The Morgan fingerprint density at radius 1 is 0.929 bits per heavy atom. The molecule has 42 heavy (non-hydrogen) atoms. The molecule has 2 aliphatic rings. The van der Waals surface area contributed by atoms with Crippen LogP contribution >= 0.6 is 23.2 Å². The summed E-state index contributed by atoms with van der Waals surface area (Å²) in [5.41, 5.74) is 1.60. The third kappa shape index (κ3) is 6.48. The summed E-state index contributed by atoms with van der Waals surface area (Å²) in [7, 11) is -4.09. The second-order valence-electron chi connectivity index (χ2n) is 10.6. The zero-order valence-electron chi connectivity index (χ0n) is 22.8. The molecule has 1 unspecified atom stereocenters. The van der Waals surface area contributed by atoms with Gasteiger partial charge in [-0.05, 0) is 48.2 Å². The minimum atomic E-state index is -4.09. The Kier molecular flexibility index (Phi) is 9.20. The van der Waals surface area contributed by atoms with Gasteiger partial charge in [0.2, 0.25) is 11.8 Å². The normalized spacial score (nSPS) is 16.7. The van der Waals surface area contributed by atoms with Gasteiger partial charge in [-0.2, -0.15) is 0 Å². The lowest BCUT2D eigenvalue weighted by molar-refractivity contribution is -0.141. The van der Waals surface area contributed by atoms with Crippen LogP contribution in [0.3, 0.4) is 0 Å². The van der Waals surface area contributed by atoms with Gasteiger partial charge in [0, 0.05) is 32.0 Å². The molecule has 0 spiro atoms. The van der Waals surface area contributed by atoms with E-state index in [-0.39, 0.29) is 48.3 Å². The molecule has 3 aromatic rings. The molecule has 5 rings (SSSR count). The quantitative estimate of drug-likeness (QED) is 0.332. The monoisotopic (exact) mass is 627 g/mol. The van der Waals surface area contributed by atoms with Gasteiger partial charge in [-0.1, -0.05) is 84.6 Å². The molecule has 1 N–H and O–H groups in total. The fraction of sp³-hybridized carbons (Fsp3) is 0.323. The average molecular weight is 629 g/mol. The Balaban J connectivity index is 1.44. The summed E-state index contributed by atoms with van der Waals surface area (Å²) in [5.74, 6) is -1.42. The fourth-order valence-electron chi connectivity index (χ4n) is 5.55. The maximum atomic E-state index is 14.0. The third-order valence-electron chi connectivity index (χ3n) is 7.75. The van der Waals surface area contributed by atoms with Gasteiger partial charge in [-0.3, -0.25) is 14.4 Å². The maximum absolute atomic E-state index is 14.0. The molecule has 1 heterocycles. The largest absolute Gasteiger partial charge is 0.352 e. The number of hydrogen-bond acceptors (Lipinski definition) is 5. The van der Waals surface area contributed by atoms with E-state index in [1.54, 1.807) is 30.3 Å². The molecule has 1 fully saturated rings. The van der Waals surface area contributed by atoms with E-state index in [1.165, 1.54) is 17.0 Å². The summed E-state index contributed by atoms with van der Waals surface area (Å²) in [6.07, 6.45) is 3.75. The Morgan fingerprint density at radius 3 is 2.31 bits per heavy atom. The van der Waals surface area contributed by atoms with Gasteiger partial charge in [-0.15, -0.1) is 0 Å². The maximum Gasteiger partial charge on any atom is 0.269 e. The van der Waals surface area contributed by atoms with E-state index < -0.39 is 27.9 Å². The van der Waals surface area contributed by atoms with Gasteiger partial charge in [0.05, 0.1) is 15.6 Å². The Morgan fingerprint density at radius 2 is 1.62 bits per heavy atom. The molecule has 3 aromatic carbocycles. The van der Waals surface area contributed by atoms with Crippen molar-refractivity contribution in [2.24, 2.45) is 0 Å². The van der Waals surface area contributed by atoms with Crippen molar-refractivity contribution in [3.8, 4) is 0 Å². The lowest BCUT2D eigenvalue weighted by Crippen LogP contribution is -2.52. The third-order valence-corrected chi connectivity index (χ3v) is 10.3. The molecule has 1 saturated carbocycles. The molecule has 0 saturated heterocycles. The molecule has 1 aliphatic heterocycles. The first-order chi connectivity index (χ1) is 20.1. The lowest BCUT2D eigenvalue weighted by atomic mass is 10.0. The number of benzene rings is 3. The highest BCUT2D eigenvalue weighted by atomic mass is 35.5. The smallest absolute Gasteiger partial charge is 0.269 e. The number of hydrogen-bond donors (Lipinski definition) is 1. The zero-order valence-corrected chi connectivity index (χ0v) is 25.2. The highest BCUT2D eigenvalue weighted by molar-refractivity contribution is 7.90. The highest BCUT2D eigenvalue weighted by Crippen LogP contribution is 2.30. The predicted octanol–water partition coefficient (Wildman–Crippen LogP) is 5.23. The first-order valence-electron chi connectivity index (χ1n) is 13.9. The minimum absolute atomic E-state index is 0.0311. The van der Waals surface area contributed by atoms with Crippen LogP contribution in [0.2, 0.25) is 10.0 Å². The molecular formula is C31H31Cl2N3O5S. The van der Waals surface area contributed by atoms with Gasteiger partial charge < -0.3 is 10.2 Å². The van der Waals surface area contributed by atoms with Gasteiger partial charge in [0.1, 0.15) is 10.9 Å². The number of sulfonamides is 1. The van der Waals surface area contributed by atoms with Crippen LogP contribution in [0.5, 0.6) is 0 Å². The van der Waals surface area contributed by atoms with Crippen molar-refractivity contribution in [3.05, 3.63) is 99.5 Å². The molecule has 0 radical (unpaired) electrons. The number of rotatable bonds is 10. The number of amides is 3. The number of nitrogens with zero attached hydrogens (tertiary/aromatic N) is 2. The number of halogens is 2. The summed E-state index contributed by atoms with van der Waals surface area (Å²) < 4.78 is 26.9. The van der Waals surface area contributed by atoms with E-state index in [1.807, 2.05) is 30.3 Å². The van der Waals surface area contributed by atoms with Crippen LogP contribution in [0.4, 0.5) is 0 Å². The standard InChI is InChI=1S/C31H31Cl2N3O5S/c32-25-15-14-22(18-26(25)33)20-35(27(19-21-8-2-1-3-9-21)30(38)34-23-10-4-5-11-23)29(37)16-17-36-31(39)24-12-6-7-13-28(24)42(36,40)41/h1-3,6-9,12-15,18,23,27H,4-5,10-11,16-17,19-20H2,(H,34,38). The molecule has 1 aliphatic carbocycles. The molecule has 0 aromatic heterocycles. The van der Waals surface area contributed by atoms with Crippen LogP contribution in [-0.4, -0.2) is 54.0 Å². The second kappa shape index (κ2) is 12.9. The van der Waals surface area contributed by atoms with E-state index in [9.17, 15) is 22.8 Å². The van der Waals surface area contributed by atoms with E-state index in [4.69, 9.17) is 23.2 Å². The van der Waals surface area contributed by atoms with Crippen LogP contribution in [0.1, 0.15) is 53.6 Å². The van der Waals surface area contributed by atoms with Crippen LogP contribution < -0.4 is 5.32 Å². The van der Waals surface area contributed by atoms with E-state index in [0.717, 1.165) is 35.6 Å². The summed E-state index contributed by atoms with van der Waals surface area (Å²) in [6, 6.07) is 19.5. The summed E-state index contributed by atoms with van der Waals surface area (Å²) >= 11 is 12.4. The Labute approximate surface area is 255 Å². The van der Waals surface area contributed by atoms with Gasteiger partial charge >= 0.3 is 0 Å². The summed E-state index contributed by atoms with van der Waals surface area (Å²) in [5, 5.41) is 3.79. The SMILES string of the molecule is O=C(NC1CCCC1)C(Cc1ccccc1)N(Cc1ccc(Cl)c(Cl)c1)C(=O)CCN1C(=O)c2ccccc2S1(=O)=O. The highest BCUT2D eigenvalue weighted by Gasteiger charge is 2.41. The number of nitrogens with one attached hydrogen (secondary N) is 1. The summed E-state index contributed by atoms with van der Waals surface area (Å²) in [4.78, 5) is 42.1. The first-order valence-corrected chi connectivity index (χ1v) is 16.1. The van der Waals surface area contributed by atoms with Gasteiger partial charge in [0.25, 0.3) is 15.9 Å². The molecule has 0 bridgehead atoms. The predicted molar refractivity (Wildman–Crippen MR) is 161 cm³/mol. The van der Waals surface area contributed by atoms with E-state index >= 15 is 0 Å². The molecule has 1 atom stereocenters. The van der Waals surface area contributed by atoms with Gasteiger partial charge in [0.15, 0.2) is 0 Å². The number of carbonyl (C=O) groups is 3. The Bertz CT molecular complexity index is 1590. The van der Waals surface area contributed by atoms with Crippen molar-refractivity contribution in [2.45, 2.75) is 62.0 Å². The van der Waals surface area contributed by atoms with Crippen LogP contribution in [0.15, 0.2) is 77.7 Å². The average Bonchev–Trinajstić information content (AvgIpc) is 3.56.